The molecule has 0 aliphatic carbocycles. The van der Waals surface area contributed by atoms with Crippen LogP contribution in [0.3, 0.4) is 0 Å². The van der Waals surface area contributed by atoms with E-state index in [2.05, 4.69) is 9.71 Å². The summed E-state index contributed by atoms with van der Waals surface area (Å²) in [5.74, 6) is -0.291. The second-order valence-corrected chi connectivity index (χ2v) is 6.53. The Morgan fingerprint density at radius 1 is 1.45 bits per heavy atom. The van der Waals surface area contributed by atoms with E-state index in [1.165, 1.54) is 27.2 Å². The fraction of sp³-hybridized carbons (Fsp3) is 0.429. The largest absolute Gasteiger partial charge is 0.361 e. The molecule has 0 aliphatic rings. The van der Waals surface area contributed by atoms with Crippen molar-refractivity contribution in [2.45, 2.75) is 12.1 Å². The molecule has 110 valence electrons. The Hall–Kier alpha value is -1.37. The van der Waals surface area contributed by atoms with Crippen LogP contribution in [0.25, 0.3) is 10.9 Å². The molecule has 0 atom stereocenters. The second kappa shape index (κ2) is 5.95. The van der Waals surface area contributed by atoms with Crippen molar-refractivity contribution in [3.05, 3.63) is 35.5 Å². The zero-order valence-corrected chi connectivity index (χ0v) is 12.4. The zero-order valence-electron chi connectivity index (χ0n) is 16.6. The minimum Gasteiger partial charge on any atom is -0.361 e. The van der Waals surface area contributed by atoms with Crippen LogP contribution in [-0.2, 0) is 22.1 Å². The van der Waals surface area contributed by atoms with E-state index in [-0.39, 0.29) is 17.5 Å². The average Bonchev–Trinajstić information content (AvgIpc) is 2.82. The molecule has 6 heteroatoms. The molecule has 0 saturated carbocycles. The van der Waals surface area contributed by atoms with Gasteiger partial charge in [-0.2, -0.15) is 0 Å². The molecule has 0 spiro atoms. The maximum absolute atomic E-state index is 11.7. The lowest BCUT2D eigenvalue weighted by atomic mass is 10.1. The molecule has 0 aliphatic heterocycles. The minimum atomic E-state index is -3.51. The smallest absolute Gasteiger partial charge is 0.215 e. The van der Waals surface area contributed by atoms with Crippen LogP contribution < -0.4 is 4.72 Å². The Bertz CT molecular complexity index is 893. The lowest BCUT2D eigenvalue weighted by Crippen LogP contribution is -2.20. The van der Waals surface area contributed by atoms with Crippen molar-refractivity contribution in [1.82, 2.24) is 14.6 Å². The van der Waals surface area contributed by atoms with Crippen LogP contribution in [0.15, 0.2) is 24.4 Å². The fourth-order valence-electron chi connectivity index (χ4n) is 1.75. The summed E-state index contributed by atoms with van der Waals surface area (Å²) >= 11 is 0. The van der Waals surface area contributed by atoms with Crippen molar-refractivity contribution in [3.63, 3.8) is 0 Å². The van der Waals surface area contributed by atoms with Crippen LogP contribution in [-0.4, -0.2) is 45.9 Å². The fourth-order valence-corrected chi connectivity index (χ4v) is 2.51. The first-order valence-corrected chi connectivity index (χ1v) is 7.69. The predicted octanol–water partition coefficient (Wildman–Crippen LogP) is 1.32. The summed E-state index contributed by atoms with van der Waals surface area (Å²) in [4.78, 5) is 3.84. The van der Waals surface area contributed by atoms with E-state index < -0.39 is 22.9 Å². The normalized spacial score (nSPS) is 17.5. The molecule has 0 bridgehead atoms. The maximum Gasteiger partial charge on any atom is 0.215 e. The van der Waals surface area contributed by atoms with E-state index in [1.54, 1.807) is 12.1 Å². The van der Waals surface area contributed by atoms with E-state index in [0.29, 0.717) is 16.5 Å². The van der Waals surface area contributed by atoms with Crippen molar-refractivity contribution >= 4 is 20.9 Å². The van der Waals surface area contributed by atoms with Gasteiger partial charge in [-0.15, -0.1) is 0 Å². The summed E-state index contributed by atoms with van der Waals surface area (Å²) in [7, 11) is 0.635. The summed E-state index contributed by atoms with van der Waals surface area (Å²) in [6, 6.07) is 4.63. The number of likely N-dealkylation sites (N-methyl/N-ethyl adjacent to an activating group) is 1. The third kappa shape index (κ3) is 3.59. The second-order valence-electron chi connectivity index (χ2n) is 4.60. The number of nitrogens with zero attached hydrogens (tertiary/aromatic N) is 1. The molecule has 0 amide bonds. The van der Waals surface area contributed by atoms with Gasteiger partial charge in [-0.25, -0.2) is 13.1 Å². The molecule has 2 aromatic rings. The van der Waals surface area contributed by atoms with Gasteiger partial charge in [0.15, 0.2) is 0 Å². The molecule has 2 N–H and O–H groups in total. The van der Waals surface area contributed by atoms with Crippen LogP contribution in [0.2, 0.25) is 0 Å². The molecular formula is C14H21N3O2S. The first-order chi connectivity index (χ1) is 11.3. The standard InChI is InChI=1S/C14H21N3O2S/c1-15-20(18,19)10-11-4-5-14-13(8-11)12(9-16-14)6-7-17(2)3/h4-5,8-9,15-16H,6-7,10H2,1-3H3/i6D2,7D2,9D. The number of fused-ring (bicyclic) bond motifs is 1. The number of aryl methyl sites for hydroxylation is 1. The van der Waals surface area contributed by atoms with E-state index in [0.717, 1.165) is 4.90 Å². The van der Waals surface area contributed by atoms with Gasteiger partial charge in [0.2, 0.25) is 10.0 Å². The van der Waals surface area contributed by atoms with Gasteiger partial charge in [-0.1, -0.05) is 6.07 Å². The van der Waals surface area contributed by atoms with Crippen molar-refractivity contribution in [2.75, 3.05) is 27.6 Å². The molecule has 2 rings (SSSR count). The molecule has 20 heavy (non-hydrogen) atoms. The molecule has 0 unspecified atom stereocenters. The van der Waals surface area contributed by atoms with Crippen molar-refractivity contribution in [2.24, 2.45) is 0 Å². The molecule has 1 aromatic carbocycles. The Morgan fingerprint density at radius 3 is 2.85 bits per heavy atom. The van der Waals surface area contributed by atoms with Crippen molar-refractivity contribution in [3.8, 4) is 0 Å². The lowest BCUT2D eigenvalue weighted by Gasteiger charge is -2.08. The summed E-state index contributed by atoms with van der Waals surface area (Å²) < 4.78 is 66.5. The SMILES string of the molecule is [2H]c1[nH]c2ccc(CS(=O)(=O)NC)cc2c1C([2H])([2H])C([2H])([2H])N(C)C. The summed E-state index contributed by atoms with van der Waals surface area (Å²) in [5.41, 5.74) is 0.734. The van der Waals surface area contributed by atoms with Crippen molar-refractivity contribution in [1.29, 1.82) is 0 Å². The topological polar surface area (TPSA) is 65.2 Å². The van der Waals surface area contributed by atoms with E-state index in [1.807, 2.05) is 0 Å². The Labute approximate surface area is 127 Å². The summed E-state index contributed by atoms with van der Waals surface area (Å²) in [5, 5.41) is 0.296. The monoisotopic (exact) mass is 300 g/mol. The van der Waals surface area contributed by atoms with Gasteiger partial charge in [0.25, 0.3) is 0 Å². The van der Waals surface area contributed by atoms with Crippen LogP contribution in [0.1, 0.15) is 18.0 Å². The van der Waals surface area contributed by atoms with Crippen LogP contribution in [0.5, 0.6) is 0 Å². The highest BCUT2D eigenvalue weighted by atomic mass is 32.2. The van der Waals surface area contributed by atoms with Gasteiger partial charge >= 0.3 is 0 Å². The summed E-state index contributed by atoms with van der Waals surface area (Å²) in [6.45, 7) is -2.37. The molecule has 5 nitrogen and oxygen atoms in total. The number of hydrogen-bond acceptors (Lipinski definition) is 3. The number of nitrogens with one attached hydrogen (secondary N) is 2. The van der Waals surface area contributed by atoms with Crippen LogP contribution in [0, 0.1) is 0 Å². The molecule has 0 saturated heterocycles. The number of rotatable bonds is 6. The first-order valence-electron chi connectivity index (χ1n) is 8.54. The molecule has 1 aromatic heterocycles. The zero-order chi connectivity index (χ0) is 19.2. The Kier molecular flexibility index (Phi) is 2.84. The number of aromatic nitrogens is 1. The highest BCUT2D eigenvalue weighted by molar-refractivity contribution is 7.88. The molecule has 0 radical (unpaired) electrons. The van der Waals surface area contributed by atoms with Gasteiger partial charge < -0.3 is 9.88 Å². The molecule has 1 heterocycles. The highest BCUT2D eigenvalue weighted by Crippen LogP contribution is 2.21. The van der Waals surface area contributed by atoms with Gasteiger partial charge in [0, 0.05) is 29.1 Å². The van der Waals surface area contributed by atoms with E-state index >= 15 is 0 Å². The van der Waals surface area contributed by atoms with E-state index in [4.69, 9.17) is 6.85 Å². The van der Waals surface area contributed by atoms with E-state index in [9.17, 15) is 8.42 Å². The average molecular weight is 300 g/mol. The number of aromatic amines is 1. The number of benzene rings is 1. The molecule has 0 fully saturated rings. The minimum absolute atomic E-state index is 0.134. The van der Waals surface area contributed by atoms with Crippen LogP contribution in [0.4, 0.5) is 0 Å². The molecular weight excluding hydrogens is 274 g/mol. The van der Waals surface area contributed by atoms with Gasteiger partial charge in [-0.3, -0.25) is 0 Å². The van der Waals surface area contributed by atoms with Crippen LogP contribution >= 0.6 is 0 Å². The van der Waals surface area contributed by atoms with Gasteiger partial charge in [-0.05, 0) is 50.8 Å². The maximum atomic E-state index is 11.7. The number of hydrogen-bond donors (Lipinski definition) is 2. The first kappa shape index (κ1) is 9.55. The van der Waals surface area contributed by atoms with Gasteiger partial charge in [0.05, 0.1) is 7.12 Å². The Morgan fingerprint density at radius 2 is 2.20 bits per heavy atom. The van der Waals surface area contributed by atoms with Gasteiger partial charge in [0.1, 0.15) is 0 Å². The highest BCUT2D eigenvalue weighted by Gasteiger charge is 2.11. The quantitative estimate of drug-likeness (QED) is 0.845. The number of sulfonamides is 1. The lowest BCUT2D eigenvalue weighted by molar-refractivity contribution is 0.414. The Balaban J connectivity index is 2.66. The summed E-state index contributed by atoms with van der Waals surface area (Å²) in [6.07, 6.45) is -2.73. The van der Waals surface area contributed by atoms with Crippen molar-refractivity contribution < 1.29 is 15.3 Å². The number of H-pyrrole nitrogens is 1. The third-order valence-electron chi connectivity index (χ3n) is 2.75. The predicted molar refractivity (Wildman–Crippen MR) is 82.2 cm³/mol. The third-order valence-corrected chi connectivity index (χ3v) is 4.08.